The van der Waals surface area contributed by atoms with Gasteiger partial charge in [-0.05, 0) is 19.1 Å². The van der Waals surface area contributed by atoms with Gasteiger partial charge in [-0.25, -0.2) is 0 Å². The average molecular weight is 285 g/mol. The number of hydrogen-bond acceptors (Lipinski definition) is 3. The maximum absolute atomic E-state index is 12.8. The molecule has 0 aliphatic carbocycles. The number of carboxylic acid groups (broad SMARTS) is 1. The summed E-state index contributed by atoms with van der Waals surface area (Å²) in [5.74, 6) is -1.82. The Labute approximate surface area is 121 Å². The van der Waals surface area contributed by atoms with Gasteiger partial charge < -0.3 is 14.7 Å². The van der Waals surface area contributed by atoms with Crippen molar-refractivity contribution in [1.82, 2.24) is 0 Å². The molecule has 1 aromatic rings. The monoisotopic (exact) mass is 285 g/mol. The van der Waals surface area contributed by atoms with Crippen molar-refractivity contribution in [2.75, 3.05) is 11.4 Å². The van der Waals surface area contributed by atoms with E-state index in [1.54, 1.807) is 17.9 Å². The molecule has 1 aromatic carbocycles. The van der Waals surface area contributed by atoms with Crippen molar-refractivity contribution in [1.29, 1.82) is 0 Å². The van der Waals surface area contributed by atoms with Gasteiger partial charge in [0.1, 0.15) is 11.0 Å². The summed E-state index contributed by atoms with van der Waals surface area (Å²) in [5, 5.41) is 9.63. The fourth-order valence-electron chi connectivity index (χ4n) is 3.92. The lowest BCUT2D eigenvalue weighted by Crippen LogP contribution is -2.47. The number of ether oxygens (including phenoxy) is 1. The van der Waals surface area contributed by atoms with Gasteiger partial charge in [-0.3, -0.25) is 9.59 Å². The van der Waals surface area contributed by atoms with Crippen molar-refractivity contribution >= 4 is 17.6 Å². The second-order valence-corrected chi connectivity index (χ2v) is 6.13. The first-order valence-electron chi connectivity index (χ1n) is 6.96. The van der Waals surface area contributed by atoms with Crippen molar-refractivity contribution < 1.29 is 19.4 Å². The Morgan fingerprint density at radius 1 is 1.38 bits per heavy atom. The summed E-state index contributed by atoms with van der Waals surface area (Å²) in [6.45, 7) is 1.98. The van der Waals surface area contributed by atoms with Crippen LogP contribution >= 0.6 is 0 Å². The Hall–Kier alpha value is -2.14. The Morgan fingerprint density at radius 3 is 2.76 bits per heavy atom. The molecule has 4 rings (SSSR count). The topological polar surface area (TPSA) is 66.8 Å². The van der Waals surface area contributed by atoms with Crippen LogP contribution in [0.3, 0.4) is 0 Å². The summed E-state index contributed by atoms with van der Waals surface area (Å²) in [4.78, 5) is 26.2. The van der Waals surface area contributed by atoms with Crippen molar-refractivity contribution in [3.8, 4) is 0 Å². The van der Waals surface area contributed by atoms with Crippen LogP contribution in [0.1, 0.15) is 6.92 Å². The van der Waals surface area contributed by atoms with Gasteiger partial charge in [0.25, 0.3) is 0 Å². The lowest BCUT2D eigenvalue weighted by atomic mass is 9.66. The van der Waals surface area contributed by atoms with Crippen LogP contribution in [0.25, 0.3) is 0 Å². The molecule has 2 bridgehead atoms. The number of fused-ring (bicyclic) bond motifs is 1. The van der Waals surface area contributed by atoms with Gasteiger partial charge in [-0.1, -0.05) is 30.4 Å². The van der Waals surface area contributed by atoms with Gasteiger partial charge in [0.2, 0.25) is 5.91 Å². The number of benzene rings is 1. The van der Waals surface area contributed by atoms with Gasteiger partial charge in [-0.15, -0.1) is 0 Å². The molecule has 21 heavy (non-hydrogen) atoms. The molecule has 3 heterocycles. The standard InChI is InChI=1S/C16H15NO4/c1-15(14(19)20)11-7-8-16(21-11)9-17(13(18)12(15)16)10-5-3-2-4-6-10/h2-8,11-12H,9H2,1H3,(H,19,20). The summed E-state index contributed by atoms with van der Waals surface area (Å²) in [6.07, 6.45) is 3.13. The highest BCUT2D eigenvalue weighted by atomic mass is 16.5. The third-order valence-electron chi connectivity index (χ3n) is 5.03. The first-order valence-corrected chi connectivity index (χ1v) is 6.96. The van der Waals surface area contributed by atoms with Crippen LogP contribution in [0.5, 0.6) is 0 Å². The number of rotatable bonds is 2. The van der Waals surface area contributed by atoms with Crippen LogP contribution in [0.4, 0.5) is 5.69 Å². The van der Waals surface area contributed by atoms with E-state index in [1.165, 1.54) is 0 Å². The largest absolute Gasteiger partial charge is 0.481 e. The molecule has 0 aromatic heterocycles. The molecule has 4 unspecified atom stereocenters. The van der Waals surface area contributed by atoms with E-state index in [0.29, 0.717) is 6.54 Å². The number of carboxylic acids is 1. The van der Waals surface area contributed by atoms with Crippen LogP contribution < -0.4 is 4.90 Å². The smallest absolute Gasteiger partial charge is 0.313 e. The molecule has 5 nitrogen and oxygen atoms in total. The van der Waals surface area contributed by atoms with E-state index < -0.39 is 29.0 Å². The first-order chi connectivity index (χ1) is 9.99. The molecule has 2 saturated heterocycles. The van der Waals surface area contributed by atoms with Crippen LogP contribution in [-0.4, -0.2) is 35.2 Å². The summed E-state index contributed by atoms with van der Waals surface area (Å²) >= 11 is 0. The third-order valence-corrected chi connectivity index (χ3v) is 5.03. The maximum atomic E-state index is 12.8. The SMILES string of the molecule is CC1(C(=O)O)C2C=CC3(CN(c4ccccc4)C(=O)C31)O2. The van der Waals surface area contributed by atoms with Crippen LogP contribution in [0.15, 0.2) is 42.5 Å². The van der Waals surface area contributed by atoms with Crippen molar-refractivity contribution in [2.24, 2.45) is 11.3 Å². The highest BCUT2D eigenvalue weighted by Gasteiger charge is 2.73. The normalized spacial score (nSPS) is 39.9. The molecule has 5 heteroatoms. The second-order valence-electron chi connectivity index (χ2n) is 6.13. The third kappa shape index (κ3) is 1.34. The predicted molar refractivity (Wildman–Crippen MR) is 74.8 cm³/mol. The molecular weight excluding hydrogens is 270 g/mol. The molecular formula is C16H15NO4. The van der Waals surface area contributed by atoms with Crippen LogP contribution in [0.2, 0.25) is 0 Å². The zero-order valence-electron chi connectivity index (χ0n) is 11.5. The summed E-state index contributed by atoms with van der Waals surface area (Å²) in [6, 6.07) is 9.30. The minimum Gasteiger partial charge on any atom is -0.481 e. The number of nitrogens with zero attached hydrogens (tertiary/aromatic N) is 1. The van der Waals surface area contributed by atoms with Crippen LogP contribution in [-0.2, 0) is 14.3 Å². The van der Waals surface area contributed by atoms with E-state index in [4.69, 9.17) is 4.74 Å². The fraction of sp³-hybridized carbons (Fsp3) is 0.375. The van der Waals surface area contributed by atoms with E-state index in [9.17, 15) is 14.7 Å². The van der Waals surface area contributed by atoms with Crippen molar-refractivity contribution in [3.05, 3.63) is 42.5 Å². The highest BCUT2D eigenvalue weighted by molar-refractivity contribution is 6.03. The van der Waals surface area contributed by atoms with Gasteiger partial charge >= 0.3 is 5.97 Å². The number of hydrogen-bond donors (Lipinski definition) is 1. The van der Waals surface area contributed by atoms with Crippen molar-refractivity contribution in [2.45, 2.75) is 18.6 Å². The molecule has 3 aliphatic heterocycles. The van der Waals surface area contributed by atoms with Crippen molar-refractivity contribution in [3.63, 3.8) is 0 Å². The second kappa shape index (κ2) is 3.74. The number of para-hydroxylation sites is 1. The Bertz CT molecular complexity index is 670. The maximum Gasteiger partial charge on any atom is 0.313 e. The van der Waals surface area contributed by atoms with Gasteiger partial charge in [0.15, 0.2) is 0 Å². The lowest BCUT2D eigenvalue weighted by Gasteiger charge is -2.30. The zero-order valence-corrected chi connectivity index (χ0v) is 11.5. The summed E-state index contributed by atoms with van der Waals surface area (Å²) in [7, 11) is 0. The van der Waals surface area contributed by atoms with Gasteiger partial charge in [-0.2, -0.15) is 0 Å². The lowest BCUT2D eigenvalue weighted by molar-refractivity contribution is -0.154. The number of aliphatic carboxylic acids is 1. The minimum absolute atomic E-state index is 0.169. The molecule has 0 radical (unpaired) electrons. The summed E-state index contributed by atoms with van der Waals surface area (Å²) < 4.78 is 5.93. The molecule has 3 aliphatic rings. The molecule has 2 fully saturated rings. The number of anilines is 1. The number of carbonyl (C=O) groups is 2. The number of amides is 1. The van der Waals surface area contributed by atoms with E-state index in [0.717, 1.165) is 5.69 Å². The molecule has 4 atom stereocenters. The van der Waals surface area contributed by atoms with E-state index in [2.05, 4.69) is 0 Å². The zero-order chi connectivity index (χ0) is 14.8. The molecule has 108 valence electrons. The first kappa shape index (κ1) is 12.6. The van der Waals surface area contributed by atoms with Gasteiger partial charge in [0.05, 0.1) is 18.6 Å². The van der Waals surface area contributed by atoms with Gasteiger partial charge in [0, 0.05) is 5.69 Å². The number of carbonyl (C=O) groups excluding carboxylic acids is 1. The molecule has 0 saturated carbocycles. The van der Waals surface area contributed by atoms with E-state index >= 15 is 0 Å². The summed E-state index contributed by atoms with van der Waals surface area (Å²) in [5.41, 5.74) is -1.22. The molecule has 1 amide bonds. The average Bonchev–Trinajstić information content (AvgIpc) is 3.09. The molecule has 1 N–H and O–H groups in total. The Morgan fingerprint density at radius 2 is 2.10 bits per heavy atom. The van der Waals surface area contributed by atoms with E-state index in [1.807, 2.05) is 36.4 Å². The highest BCUT2D eigenvalue weighted by Crippen LogP contribution is 2.58. The van der Waals surface area contributed by atoms with Crippen LogP contribution in [0, 0.1) is 11.3 Å². The van der Waals surface area contributed by atoms with E-state index in [-0.39, 0.29) is 5.91 Å². The minimum atomic E-state index is -1.20. The quantitative estimate of drug-likeness (QED) is 0.835. The predicted octanol–water partition coefficient (Wildman–Crippen LogP) is 1.45. The fourth-order valence-corrected chi connectivity index (χ4v) is 3.92. The Kier molecular flexibility index (Phi) is 2.24. The molecule has 1 spiro atoms. The Balaban J connectivity index is 1.81.